The van der Waals surface area contributed by atoms with Gasteiger partial charge < -0.3 is 19.5 Å². The molecule has 1 unspecified atom stereocenters. The maximum absolute atomic E-state index is 12.9. The van der Waals surface area contributed by atoms with Crippen LogP contribution < -0.4 is 14.8 Å². The Balaban J connectivity index is 1.82. The predicted octanol–water partition coefficient (Wildman–Crippen LogP) is 3.64. The number of rotatable bonds is 5. The number of carbonyl (C=O) groups is 1. The van der Waals surface area contributed by atoms with E-state index >= 15 is 0 Å². The average molecular weight is 355 g/mol. The van der Waals surface area contributed by atoms with E-state index in [1.807, 2.05) is 44.2 Å². The Hall–Kier alpha value is -2.53. The van der Waals surface area contributed by atoms with Gasteiger partial charge in [-0.2, -0.15) is 0 Å². The van der Waals surface area contributed by atoms with Crippen LogP contribution in [0.1, 0.15) is 40.8 Å². The van der Waals surface area contributed by atoms with Crippen molar-refractivity contribution in [1.29, 1.82) is 0 Å². The molecule has 138 valence electrons. The summed E-state index contributed by atoms with van der Waals surface area (Å²) >= 11 is 0. The summed E-state index contributed by atoms with van der Waals surface area (Å²) in [6, 6.07) is 11.4. The van der Waals surface area contributed by atoms with Crippen molar-refractivity contribution in [3.63, 3.8) is 0 Å². The van der Waals surface area contributed by atoms with Gasteiger partial charge in [0.15, 0.2) is 6.10 Å². The normalized spacial score (nSPS) is 17.0. The number of ether oxygens (including phenoxy) is 3. The number of nitrogens with one attached hydrogen (secondary N) is 1. The van der Waals surface area contributed by atoms with E-state index < -0.39 is 6.10 Å². The van der Waals surface area contributed by atoms with Gasteiger partial charge in [0, 0.05) is 19.1 Å². The molecule has 2 atom stereocenters. The molecule has 2 aromatic rings. The molecule has 1 heterocycles. The predicted molar refractivity (Wildman–Crippen MR) is 99.7 cm³/mol. The molecular formula is C21H25NO4. The highest BCUT2D eigenvalue weighted by molar-refractivity contribution is 5.83. The van der Waals surface area contributed by atoms with Crippen LogP contribution in [-0.4, -0.2) is 26.7 Å². The van der Waals surface area contributed by atoms with E-state index in [4.69, 9.17) is 14.2 Å². The first kappa shape index (κ1) is 18.3. The molecule has 0 aliphatic carbocycles. The summed E-state index contributed by atoms with van der Waals surface area (Å²) in [6.45, 7) is 4.66. The summed E-state index contributed by atoms with van der Waals surface area (Å²) in [5.41, 5.74) is 4.06. The first-order chi connectivity index (χ1) is 12.5. The van der Waals surface area contributed by atoms with Gasteiger partial charge in [-0.05, 0) is 42.7 Å². The Bertz CT molecular complexity index is 785. The number of hydrogen-bond donors (Lipinski definition) is 1. The first-order valence-electron chi connectivity index (χ1n) is 8.75. The molecule has 0 fully saturated rings. The van der Waals surface area contributed by atoms with Gasteiger partial charge in [0.2, 0.25) is 0 Å². The van der Waals surface area contributed by atoms with Crippen LogP contribution in [0.5, 0.6) is 11.5 Å². The number of carbonyl (C=O) groups excluding carboxylic acids is 1. The highest BCUT2D eigenvalue weighted by atomic mass is 16.5. The summed E-state index contributed by atoms with van der Waals surface area (Å²) in [6.07, 6.45) is 0.0690. The zero-order valence-electron chi connectivity index (χ0n) is 15.7. The van der Waals surface area contributed by atoms with E-state index in [1.54, 1.807) is 14.2 Å². The molecule has 0 saturated carbocycles. The van der Waals surface area contributed by atoms with Crippen LogP contribution in [0.2, 0.25) is 0 Å². The van der Waals surface area contributed by atoms with Gasteiger partial charge in [-0.1, -0.05) is 24.3 Å². The average Bonchev–Trinajstić information content (AvgIpc) is 2.66. The lowest BCUT2D eigenvalue weighted by Crippen LogP contribution is -2.36. The molecule has 2 aromatic carbocycles. The fraction of sp³-hybridized carbons (Fsp3) is 0.381. The van der Waals surface area contributed by atoms with Gasteiger partial charge in [-0.3, -0.25) is 4.79 Å². The van der Waals surface area contributed by atoms with Gasteiger partial charge in [0.05, 0.1) is 19.8 Å². The molecule has 1 amide bonds. The Morgan fingerprint density at radius 2 is 1.81 bits per heavy atom. The molecule has 26 heavy (non-hydrogen) atoms. The second-order valence-electron chi connectivity index (χ2n) is 6.53. The molecular weight excluding hydrogens is 330 g/mol. The van der Waals surface area contributed by atoms with Crippen LogP contribution in [0.25, 0.3) is 0 Å². The molecule has 1 N–H and O–H groups in total. The minimum atomic E-state index is -0.669. The number of benzene rings is 2. The maximum atomic E-state index is 12.9. The molecule has 0 spiro atoms. The summed E-state index contributed by atoms with van der Waals surface area (Å²) in [7, 11) is 3.16. The molecule has 1 aliphatic rings. The van der Waals surface area contributed by atoms with Crippen molar-refractivity contribution in [2.24, 2.45) is 0 Å². The second kappa shape index (κ2) is 7.79. The van der Waals surface area contributed by atoms with E-state index in [9.17, 15) is 4.79 Å². The highest BCUT2D eigenvalue weighted by Crippen LogP contribution is 2.37. The Labute approximate surface area is 154 Å². The van der Waals surface area contributed by atoms with Crippen LogP contribution in [0, 0.1) is 13.8 Å². The molecule has 0 aromatic heterocycles. The van der Waals surface area contributed by atoms with Crippen LogP contribution >= 0.6 is 0 Å². The highest BCUT2D eigenvalue weighted by Gasteiger charge is 2.29. The van der Waals surface area contributed by atoms with E-state index in [2.05, 4.69) is 11.4 Å². The molecule has 1 aliphatic heterocycles. The Morgan fingerprint density at radius 1 is 1.12 bits per heavy atom. The van der Waals surface area contributed by atoms with E-state index in [0.29, 0.717) is 6.61 Å². The van der Waals surface area contributed by atoms with Gasteiger partial charge in [0.1, 0.15) is 11.5 Å². The third-order valence-corrected chi connectivity index (χ3v) is 4.82. The van der Waals surface area contributed by atoms with Crippen molar-refractivity contribution in [2.45, 2.75) is 32.4 Å². The lowest BCUT2D eigenvalue weighted by atomic mass is 9.93. The number of aryl methyl sites for hydroxylation is 2. The van der Waals surface area contributed by atoms with E-state index in [-0.39, 0.29) is 11.9 Å². The van der Waals surface area contributed by atoms with Crippen molar-refractivity contribution < 1.29 is 19.0 Å². The summed E-state index contributed by atoms with van der Waals surface area (Å²) < 4.78 is 16.5. The second-order valence-corrected chi connectivity index (χ2v) is 6.53. The summed E-state index contributed by atoms with van der Waals surface area (Å²) in [5, 5.41) is 3.15. The van der Waals surface area contributed by atoms with Crippen molar-refractivity contribution in [3.8, 4) is 11.5 Å². The molecule has 0 radical (unpaired) electrons. The minimum Gasteiger partial charge on any atom is -0.497 e. The van der Waals surface area contributed by atoms with Gasteiger partial charge in [-0.15, -0.1) is 0 Å². The van der Waals surface area contributed by atoms with Gasteiger partial charge in [-0.25, -0.2) is 0 Å². The van der Waals surface area contributed by atoms with Crippen molar-refractivity contribution in [3.05, 3.63) is 58.7 Å². The molecule has 5 nitrogen and oxygen atoms in total. The quantitative estimate of drug-likeness (QED) is 0.890. The lowest BCUT2D eigenvalue weighted by molar-refractivity contribution is -0.132. The van der Waals surface area contributed by atoms with Gasteiger partial charge >= 0.3 is 0 Å². The fourth-order valence-corrected chi connectivity index (χ4v) is 3.42. The summed E-state index contributed by atoms with van der Waals surface area (Å²) in [4.78, 5) is 12.9. The van der Waals surface area contributed by atoms with E-state index in [1.165, 1.54) is 0 Å². The topological polar surface area (TPSA) is 56.8 Å². The number of fused-ring (bicyclic) bond motifs is 1. The first-order valence-corrected chi connectivity index (χ1v) is 8.75. The lowest BCUT2D eigenvalue weighted by Gasteiger charge is -2.30. The number of amides is 1. The smallest absolute Gasteiger partial charge is 0.254 e. The Kier molecular flexibility index (Phi) is 5.47. The molecule has 3 rings (SSSR count). The monoisotopic (exact) mass is 355 g/mol. The zero-order chi connectivity index (χ0) is 18.7. The van der Waals surface area contributed by atoms with Crippen molar-refractivity contribution >= 4 is 5.91 Å². The minimum absolute atomic E-state index is 0.0814. The summed E-state index contributed by atoms with van der Waals surface area (Å²) in [5.74, 6) is 1.48. The van der Waals surface area contributed by atoms with Crippen molar-refractivity contribution in [2.75, 3.05) is 20.8 Å². The largest absolute Gasteiger partial charge is 0.497 e. The molecule has 5 heteroatoms. The van der Waals surface area contributed by atoms with Crippen LogP contribution in [-0.2, 0) is 9.53 Å². The van der Waals surface area contributed by atoms with Crippen LogP contribution in [0.15, 0.2) is 36.4 Å². The molecule has 0 saturated heterocycles. The fourth-order valence-electron chi connectivity index (χ4n) is 3.42. The Morgan fingerprint density at radius 3 is 2.46 bits per heavy atom. The maximum Gasteiger partial charge on any atom is 0.254 e. The van der Waals surface area contributed by atoms with Gasteiger partial charge in [0.25, 0.3) is 5.91 Å². The SMILES string of the molecule is COc1ccc(C(OC)C(=O)N[C@H]2CCOc3c(C)ccc(C)c32)cc1. The zero-order valence-corrected chi connectivity index (χ0v) is 15.7. The third kappa shape index (κ3) is 3.53. The molecule has 0 bridgehead atoms. The standard InChI is InChI=1S/C21H25NO4/c1-13-5-6-14(2)19-18(13)17(11-12-26-19)22-21(23)20(25-4)15-7-9-16(24-3)10-8-15/h5-10,17,20H,11-12H2,1-4H3,(H,22,23)/t17-,20?/m0/s1. The van der Waals surface area contributed by atoms with E-state index in [0.717, 1.165) is 40.2 Å². The third-order valence-electron chi connectivity index (χ3n) is 4.82. The van der Waals surface area contributed by atoms with Crippen LogP contribution in [0.3, 0.4) is 0 Å². The van der Waals surface area contributed by atoms with Crippen LogP contribution in [0.4, 0.5) is 0 Å². The number of hydrogen-bond acceptors (Lipinski definition) is 4. The number of methoxy groups -OCH3 is 2. The van der Waals surface area contributed by atoms with Crippen molar-refractivity contribution in [1.82, 2.24) is 5.32 Å².